The molecule has 11 heteroatoms. The molecule has 0 bridgehead atoms. The fraction of sp³-hybridized carbons (Fsp3) is 0.100. The van der Waals surface area contributed by atoms with E-state index in [9.17, 15) is 0 Å². The van der Waals surface area contributed by atoms with Gasteiger partial charge < -0.3 is 33.0 Å². The number of benzene rings is 1. The maximum absolute atomic E-state index is 9.00. The molecule has 0 saturated carbocycles. The summed E-state index contributed by atoms with van der Waals surface area (Å²) in [6.45, 7) is 1.08. The van der Waals surface area contributed by atoms with Crippen LogP contribution in [0.3, 0.4) is 0 Å². The lowest BCUT2D eigenvalue weighted by Crippen LogP contribution is -2.21. The molecule has 0 aliphatic rings. The fourth-order valence-corrected chi connectivity index (χ4v) is 1.28. The summed E-state index contributed by atoms with van der Waals surface area (Å²) in [6.07, 6.45) is 1.39. The molecule has 0 aliphatic carbocycles. The molecule has 1 aromatic rings. The number of nitrogens with two attached hydrogens (primary N) is 2. The number of hydrogen-bond donors (Lipinski definition) is 3. The van der Waals surface area contributed by atoms with Gasteiger partial charge in [-0.1, -0.05) is 29.3 Å². The smallest absolute Gasteiger partial charge is 0.300 e. The van der Waals surface area contributed by atoms with Gasteiger partial charge in [0.05, 0.1) is 16.3 Å². The Morgan fingerprint density at radius 2 is 1.57 bits per heavy atom. The molecule has 122 valence electrons. The maximum Gasteiger partial charge on any atom is 0.300 e. The van der Waals surface area contributed by atoms with Crippen LogP contribution in [0.5, 0.6) is 0 Å². The summed E-state index contributed by atoms with van der Waals surface area (Å²) >= 11 is 11.7. The van der Waals surface area contributed by atoms with Crippen LogP contribution in [0.1, 0.15) is 12.5 Å². The third kappa shape index (κ3) is 14.3. The van der Waals surface area contributed by atoms with Crippen molar-refractivity contribution in [1.82, 2.24) is 0 Å². The Hall–Kier alpha value is -1.91. The van der Waals surface area contributed by atoms with Crippen molar-refractivity contribution in [2.45, 2.75) is 6.92 Å². The molecule has 0 aromatic heterocycles. The van der Waals surface area contributed by atoms with Gasteiger partial charge in [0.15, 0.2) is 0 Å². The van der Waals surface area contributed by atoms with Gasteiger partial charge in [0.25, 0.3) is 5.97 Å². The number of carboxylic acid groups (broad SMARTS) is 1. The number of guanidine groups is 1. The Morgan fingerprint density at radius 3 is 1.90 bits per heavy atom. The highest BCUT2D eigenvalue weighted by molar-refractivity contribution is 6.38. The third-order valence-corrected chi connectivity index (χ3v) is 2.02. The summed E-state index contributed by atoms with van der Waals surface area (Å²) in [5, 5.41) is 15.4. The van der Waals surface area contributed by atoms with Crippen molar-refractivity contribution in [3.8, 4) is 0 Å². The minimum Gasteiger partial charge on any atom is -0.481 e. The van der Waals surface area contributed by atoms with E-state index in [1.54, 1.807) is 18.2 Å². The van der Waals surface area contributed by atoms with Gasteiger partial charge >= 0.3 is 0 Å². The van der Waals surface area contributed by atoms with Gasteiger partial charge in [-0.2, -0.15) is 5.10 Å². The second-order valence-corrected chi connectivity index (χ2v) is 3.74. The maximum atomic E-state index is 9.00. The number of carboxylic acids is 1. The molecule has 1 rings (SSSR count). The largest absolute Gasteiger partial charge is 0.481 e. The van der Waals surface area contributed by atoms with Crippen molar-refractivity contribution in [2.24, 2.45) is 21.7 Å². The fourth-order valence-electron chi connectivity index (χ4n) is 0.787. The van der Waals surface area contributed by atoms with E-state index in [2.05, 4.69) is 10.2 Å². The zero-order valence-electron chi connectivity index (χ0n) is 11.0. The molecule has 0 radical (unpaired) electrons. The SMILES string of the molecule is CC(=O)O.NC(N)=NN=Cc1c(Cl)cccc1Cl.O.O.O. The zero-order chi connectivity index (χ0) is 14.1. The van der Waals surface area contributed by atoms with Crippen LogP contribution in [0.2, 0.25) is 10.0 Å². The second-order valence-electron chi connectivity index (χ2n) is 2.92. The first-order valence-corrected chi connectivity index (χ1v) is 5.35. The van der Waals surface area contributed by atoms with E-state index < -0.39 is 5.97 Å². The van der Waals surface area contributed by atoms with Crippen molar-refractivity contribution in [1.29, 1.82) is 0 Å². The molecule has 0 atom stereocenters. The molecule has 0 amide bonds. The van der Waals surface area contributed by atoms with Crippen molar-refractivity contribution >= 4 is 41.3 Å². The van der Waals surface area contributed by atoms with E-state index in [0.29, 0.717) is 15.6 Å². The molecule has 0 spiro atoms. The van der Waals surface area contributed by atoms with Gasteiger partial charge in [-0.3, -0.25) is 4.79 Å². The van der Waals surface area contributed by atoms with Crippen LogP contribution in [-0.2, 0) is 4.79 Å². The summed E-state index contributed by atoms with van der Waals surface area (Å²) in [6, 6.07) is 5.14. The predicted molar refractivity (Wildman–Crippen MR) is 84.0 cm³/mol. The highest BCUT2D eigenvalue weighted by Gasteiger charge is 2.01. The normalized spacial score (nSPS) is 8.14. The van der Waals surface area contributed by atoms with Crippen LogP contribution >= 0.6 is 23.2 Å². The average molecular weight is 345 g/mol. The lowest BCUT2D eigenvalue weighted by atomic mass is 10.2. The Balaban J connectivity index is -0.000000185. The molecule has 9 nitrogen and oxygen atoms in total. The number of rotatable bonds is 2. The topological polar surface area (TPSA) is 209 Å². The predicted octanol–water partition coefficient (Wildman–Crippen LogP) is -0.782. The number of halogens is 2. The molecule has 1 aromatic carbocycles. The minimum absolute atomic E-state index is 0. The number of carbonyl (C=O) groups is 1. The van der Waals surface area contributed by atoms with E-state index in [-0.39, 0.29) is 22.4 Å². The first kappa shape index (κ1) is 27.4. The van der Waals surface area contributed by atoms with Crippen LogP contribution in [0.15, 0.2) is 28.4 Å². The van der Waals surface area contributed by atoms with Gasteiger partial charge in [0.1, 0.15) is 0 Å². The lowest BCUT2D eigenvalue weighted by Gasteiger charge is -1.98. The summed E-state index contributed by atoms with van der Waals surface area (Å²) in [5.74, 6) is -0.954. The van der Waals surface area contributed by atoms with Crippen LogP contribution in [0, 0.1) is 0 Å². The van der Waals surface area contributed by atoms with Crippen LogP contribution in [-0.4, -0.2) is 39.7 Å². The zero-order valence-corrected chi connectivity index (χ0v) is 12.5. The summed E-state index contributed by atoms with van der Waals surface area (Å²) in [4.78, 5) is 9.00. The minimum atomic E-state index is -0.833. The Bertz CT molecular complexity index is 454. The Labute approximate surface area is 130 Å². The van der Waals surface area contributed by atoms with Crippen molar-refractivity contribution < 1.29 is 26.3 Å². The Morgan fingerprint density at radius 1 is 1.19 bits per heavy atom. The van der Waals surface area contributed by atoms with Gasteiger partial charge in [0.2, 0.25) is 5.96 Å². The molecule has 0 aliphatic heterocycles. The number of nitrogens with zero attached hydrogens (tertiary/aromatic N) is 2. The first-order chi connectivity index (χ1) is 8.34. The van der Waals surface area contributed by atoms with E-state index in [0.717, 1.165) is 6.92 Å². The molecular formula is C10H18Cl2N4O5. The Kier molecular flexibility index (Phi) is 18.9. The quantitative estimate of drug-likeness (QED) is 0.357. The van der Waals surface area contributed by atoms with Gasteiger partial charge in [-0.15, -0.1) is 5.10 Å². The van der Waals surface area contributed by atoms with Crippen LogP contribution < -0.4 is 11.5 Å². The van der Waals surface area contributed by atoms with Gasteiger partial charge in [0, 0.05) is 12.5 Å². The molecule has 21 heavy (non-hydrogen) atoms. The van der Waals surface area contributed by atoms with E-state index >= 15 is 0 Å². The van der Waals surface area contributed by atoms with Gasteiger partial charge in [-0.25, -0.2) is 0 Å². The van der Waals surface area contributed by atoms with Gasteiger partial charge in [-0.05, 0) is 12.1 Å². The summed E-state index contributed by atoms with van der Waals surface area (Å²) in [5.41, 5.74) is 10.7. The van der Waals surface area contributed by atoms with Crippen molar-refractivity contribution in [3.63, 3.8) is 0 Å². The monoisotopic (exact) mass is 344 g/mol. The van der Waals surface area contributed by atoms with Crippen molar-refractivity contribution in [3.05, 3.63) is 33.8 Å². The van der Waals surface area contributed by atoms with E-state index in [4.69, 9.17) is 44.6 Å². The average Bonchev–Trinajstić information content (AvgIpc) is 2.21. The molecule has 0 fully saturated rings. The first-order valence-electron chi connectivity index (χ1n) is 4.60. The third-order valence-electron chi connectivity index (χ3n) is 1.36. The van der Waals surface area contributed by atoms with Crippen molar-refractivity contribution in [2.75, 3.05) is 0 Å². The van der Waals surface area contributed by atoms with E-state index in [1.165, 1.54) is 6.21 Å². The standard InChI is InChI=1S/C8H8Cl2N4.C2H4O2.3H2O/c9-6-2-1-3-7(10)5(6)4-13-14-8(11)12;1-2(3)4;;;/h1-4H,(H4,11,12,14);1H3,(H,3,4);3*1H2. The van der Waals surface area contributed by atoms with Crippen LogP contribution in [0.25, 0.3) is 0 Å². The summed E-state index contributed by atoms with van der Waals surface area (Å²) in [7, 11) is 0. The lowest BCUT2D eigenvalue weighted by molar-refractivity contribution is -0.134. The second kappa shape index (κ2) is 14.5. The van der Waals surface area contributed by atoms with E-state index in [1.807, 2.05) is 0 Å². The number of hydrogen-bond acceptors (Lipinski definition) is 3. The highest BCUT2D eigenvalue weighted by Crippen LogP contribution is 2.22. The van der Waals surface area contributed by atoms with Crippen LogP contribution in [0.4, 0.5) is 0 Å². The summed E-state index contributed by atoms with van der Waals surface area (Å²) < 4.78 is 0. The molecule has 0 heterocycles. The molecular weight excluding hydrogens is 327 g/mol. The molecule has 0 saturated heterocycles. The highest BCUT2D eigenvalue weighted by atomic mass is 35.5. The molecule has 0 unspecified atom stereocenters. The number of aliphatic carboxylic acids is 1. The molecule has 11 N–H and O–H groups in total.